The Morgan fingerprint density at radius 3 is 2.85 bits per heavy atom. The number of benzene rings is 1. The first-order chi connectivity index (χ1) is 9.85. The van der Waals surface area contributed by atoms with E-state index in [0.717, 1.165) is 25.2 Å². The maximum Gasteiger partial charge on any atom is 0.104 e. The fourth-order valence-corrected chi connectivity index (χ4v) is 3.42. The van der Waals surface area contributed by atoms with Crippen molar-refractivity contribution in [2.45, 2.75) is 19.5 Å². The highest BCUT2D eigenvalue weighted by atomic mass is 32.1. The minimum absolute atomic E-state index is 0.0848. The van der Waals surface area contributed by atoms with E-state index >= 15 is 0 Å². The van der Waals surface area contributed by atoms with Crippen molar-refractivity contribution in [1.29, 1.82) is 0 Å². The molecule has 0 bridgehead atoms. The van der Waals surface area contributed by atoms with Gasteiger partial charge in [0.05, 0.1) is 0 Å². The largest absolute Gasteiger partial charge is 0.384 e. The number of aliphatic hydroxyl groups is 1. The molecule has 102 valence electrons. The summed E-state index contributed by atoms with van der Waals surface area (Å²) in [4.78, 5) is 4.04. The van der Waals surface area contributed by atoms with Crippen LogP contribution in [0.25, 0.3) is 0 Å². The van der Waals surface area contributed by atoms with Gasteiger partial charge in [0.1, 0.15) is 6.61 Å². The van der Waals surface area contributed by atoms with Gasteiger partial charge in [0.2, 0.25) is 0 Å². The van der Waals surface area contributed by atoms with Crippen LogP contribution in [0.4, 0.5) is 0 Å². The standard InChI is InChI=1S/C17H17NOS/c19-10-1-2-14-3-5-15(6-4-14)12-18-9-7-17-16(13-18)8-11-20-17/h3-6,8,11,19H,7,9-10,12-13H2. The lowest BCUT2D eigenvalue weighted by atomic mass is 10.1. The van der Waals surface area contributed by atoms with Crippen LogP contribution in [0.2, 0.25) is 0 Å². The summed E-state index contributed by atoms with van der Waals surface area (Å²) in [6.45, 7) is 3.10. The highest BCUT2D eigenvalue weighted by molar-refractivity contribution is 7.10. The fourth-order valence-electron chi connectivity index (χ4n) is 2.54. The Balaban J connectivity index is 1.64. The second-order valence-corrected chi connectivity index (χ2v) is 5.99. The van der Waals surface area contributed by atoms with E-state index in [1.807, 2.05) is 23.5 Å². The number of hydrogen-bond donors (Lipinski definition) is 1. The van der Waals surface area contributed by atoms with Crippen molar-refractivity contribution in [2.24, 2.45) is 0 Å². The highest BCUT2D eigenvalue weighted by Crippen LogP contribution is 2.24. The molecule has 3 rings (SSSR count). The van der Waals surface area contributed by atoms with Crippen molar-refractivity contribution >= 4 is 11.3 Å². The van der Waals surface area contributed by atoms with Crippen LogP contribution in [-0.4, -0.2) is 23.2 Å². The minimum atomic E-state index is -0.0848. The number of thiophene rings is 1. The van der Waals surface area contributed by atoms with Gasteiger partial charge >= 0.3 is 0 Å². The van der Waals surface area contributed by atoms with Gasteiger partial charge in [-0.15, -0.1) is 11.3 Å². The first-order valence-corrected chi connectivity index (χ1v) is 7.69. The van der Waals surface area contributed by atoms with Crippen LogP contribution in [-0.2, 0) is 19.5 Å². The third kappa shape index (κ3) is 3.10. The zero-order valence-corrected chi connectivity index (χ0v) is 12.1. The van der Waals surface area contributed by atoms with E-state index in [-0.39, 0.29) is 6.61 Å². The van der Waals surface area contributed by atoms with E-state index in [0.29, 0.717) is 0 Å². The highest BCUT2D eigenvalue weighted by Gasteiger charge is 2.16. The van der Waals surface area contributed by atoms with Gasteiger partial charge in [-0.2, -0.15) is 0 Å². The molecular formula is C17H17NOS. The number of aliphatic hydroxyl groups excluding tert-OH is 1. The quantitative estimate of drug-likeness (QED) is 0.857. The fraction of sp³-hybridized carbons (Fsp3) is 0.294. The van der Waals surface area contributed by atoms with Crippen molar-refractivity contribution in [3.63, 3.8) is 0 Å². The molecule has 1 N–H and O–H groups in total. The van der Waals surface area contributed by atoms with E-state index in [4.69, 9.17) is 5.11 Å². The second-order valence-electron chi connectivity index (χ2n) is 4.99. The predicted molar refractivity (Wildman–Crippen MR) is 82.5 cm³/mol. The van der Waals surface area contributed by atoms with Crippen molar-refractivity contribution in [3.8, 4) is 11.8 Å². The lowest BCUT2D eigenvalue weighted by Gasteiger charge is -2.26. The Hall–Kier alpha value is -1.60. The van der Waals surface area contributed by atoms with Crippen LogP contribution in [0.3, 0.4) is 0 Å². The summed E-state index contributed by atoms with van der Waals surface area (Å²) in [6.07, 6.45) is 1.17. The molecule has 2 heterocycles. The molecule has 0 spiro atoms. The molecule has 2 nitrogen and oxygen atoms in total. The van der Waals surface area contributed by atoms with Gasteiger partial charge in [0.15, 0.2) is 0 Å². The van der Waals surface area contributed by atoms with Crippen LogP contribution in [0.15, 0.2) is 35.7 Å². The summed E-state index contributed by atoms with van der Waals surface area (Å²) in [6, 6.07) is 10.6. The molecule has 0 radical (unpaired) electrons. The molecule has 1 aliphatic rings. The summed E-state index contributed by atoms with van der Waals surface area (Å²) >= 11 is 1.88. The molecular weight excluding hydrogens is 266 g/mol. The molecule has 0 saturated carbocycles. The van der Waals surface area contributed by atoms with Crippen molar-refractivity contribution < 1.29 is 5.11 Å². The van der Waals surface area contributed by atoms with Crippen LogP contribution < -0.4 is 0 Å². The Morgan fingerprint density at radius 2 is 2.05 bits per heavy atom. The van der Waals surface area contributed by atoms with E-state index in [2.05, 4.69) is 40.3 Å². The molecule has 0 amide bonds. The Kier molecular flexibility index (Phi) is 4.17. The predicted octanol–water partition coefficient (Wildman–Crippen LogP) is 2.65. The molecule has 1 aliphatic heterocycles. The van der Waals surface area contributed by atoms with Crippen LogP contribution in [0.1, 0.15) is 21.6 Å². The lowest BCUT2D eigenvalue weighted by molar-refractivity contribution is 0.247. The second kappa shape index (κ2) is 6.23. The molecule has 1 aromatic carbocycles. The molecule has 1 aromatic heterocycles. The molecule has 0 aliphatic carbocycles. The maximum absolute atomic E-state index is 8.68. The number of hydrogen-bond acceptors (Lipinski definition) is 3. The Morgan fingerprint density at radius 1 is 1.20 bits per heavy atom. The van der Waals surface area contributed by atoms with Gasteiger partial charge in [0, 0.05) is 30.1 Å². The summed E-state index contributed by atoms with van der Waals surface area (Å²) in [7, 11) is 0. The third-order valence-corrected chi connectivity index (χ3v) is 4.58. The van der Waals surface area contributed by atoms with E-state index in [1.54, 1.807) is 4.88 Å². The third-order valence-electron chi connectivity index (χ3n) is 3.56. The van der Waals surface area contributed by atoms with Gasteiger partial charge < -0.3 is 5.11 Å². The van der Waals surface area contributed by atoms with Gasteiger partial charge in [0.25, 0.3) is 0 Å². The molecule has 3 heteroatoms. The summed E-state index contributed by atoms with van der Waals surface area (Å²) in [5, 5.41) is 10.9. The number of fused-ring (bicyclic) bond motifs is 1. The van der Waals surface area contributed by atoms with Gasteiger partial charge in [-0.3, -0.25) is 4.90 Å². The smallest absolute Gasteiger partial charge is 0.104 e. The first kappa shape index (κ1) is 13.4. The monoisotopic (exact) mass is 283 g/mol. The van der Waals surface area contributed by atoms with Gasteiger partial charge in [-0.25, -0.2) is 0 Å². The average molecular weight is 283 g/mol. The Labute approximate surface area is 123 Å². The van der Waals surface area contributed by atoms with Crippen molar-refractivity contribution in [3.05, 3.63) is 57.3 Å². The van der Waals surface area contributed by atoms with Crippen LogP contribution >= 0.6 is 11.3 Å². The summed E-state index contributed by atoms with van der Waals surface area (Å²) < 4.78 is 0. The van der Waals surface area contributed by atoms with E-state index < -0.39 is 0 Å². The normalized spacial score (nSPS) is 14.4. The lowest BCUT2D eigenvalue weighted by Crippen LogP contribution is -2.29. The van der Waals surface area contributed by atoms with Gasteiger partial charge in [-0.1, -0.05) is 24.0 Å². The Bertz CT molecular complexity index is 633. The summed E-state index contributed by atoms with van der Waals surface area (Å²) in [5.74, 6) is 5.59. The molecule has 0 saturated heterocycles. The van der Waals surface area contributed by atoms with Gasteiger partial charge in [-0.05, 0) is 41.1 Å². The zero-order valence-electron chi connectivity index (χ0n) is 11.3. The SMILES string of the molecule is OCC#Cc1ccc(CN2CCc3sccc3C2)cc1. The molecule has 0 fully saturated rings. The molecule has 0 unspecified atom stereocenters. The molecule has 0 atom stereocenters. The molecule has 20 heavy (non-hydrogen) atoms. The van der Waals surface area contributed by atoms with Crippen molar-refractivity contribution in [2.75, 3.05) is 13.2 Å². The van der Waals surface area contributed by atoms with Crippen LogP contribution in [0, 0.1) is 11.8 Å². The molecule has 2 aromatic rings. The summed E-state index contributed by atoms with van der Waals surface area (Å²) in [5.41, 5.74) is 3.77. The van der Waals surface area contributed by atoms with Crippen LogP contribution in [0.5, 0.6) is 0 Å². The van der Waals surface area contributed by atoms with Crippen molar-refractivity contribution in [1.82, 2.24) is 4.90 Å². The van der Waals surface area contributed by atoms with E-state index in [1.165, 1.54) is 17.5 Å². The topological polar surface area (TPSA) is 23.5 Å². The number of nitrogens with zero attached hydrogens (tertiary/aromatic N) is 1. The minimum Gasteiger partial charge on any atom is -0.384 e. The first-order valence-electron chi connectivity index (χ1n) is 6.81. The zero-order chi connectivity index (χ0) is 13.8. The van der Waals surface area contributed by atoms with E-state index in [9.17, 15) is 0 Å². The number of rotatable bonds is 2. The average Bonchev–Trinajstić information content (AvgIpc) is 2.94. The maximum atomic E-state index is 8.68.